The SMILES string of the molecule is CCc1ccc(OCc2c(NC(=O)OC)cccc2C(F)F)c(CC)c1. The summed E-state index contributed by atoms with van der Waals surface area (Å²) in [5.74, 6) is 0.651. The first-order valence-corrected chi connectivity index (χ1v) is 8.49. The molecule has 0 aliphatic carbocycles. The fourth-order valence-corrected chi connectivity index (χ4v) is 2.67. The van der Waals surface area contributed by atoms with Gasteiger partial charge in [0.05, 0.1) is 12.8 Å². The van der Waals surface area contributed by atoms with Crippen LogP contribution in [0.15, 0.2) is 36.4 Å². The predicted molar refractivity (Wildman–Crippen MR) is 97.0 cm³/mol. The maximum absolute atomic E-state index is 13.4. The van der Waals surface area contributed by atoms with Crippen molar-refractivity contribution in [2.45, 2.75) is 39.7 Å². The van der Waals surface area contributed by atoms with Gasteiger partial charge in [-0.2, -0.15) is 0 Å². The molecule has 26 heavy (non-hydrogen) atoms. The molecule has 1 amide bonds. The average Bonchev–Trinajstić information content (AvgIpc) is 2.66. The number of anilines is 1. The number of hydrogen-bond acceptors (Lipinski definition) is 3. The van der Waals surface area contributed by atoms with Gasteiger partial charge in [0.1, 0.15) is 12.4 Å². The number of carbonyl (C=O) groups excluding carboxylic acids is 1. The van der Waals surface area contributed by atoms with Crippen LogP contribution in [-0.2, 0) is 24.2 Å². The molecule has 6 heteroatoms. The zero-order chi connectivity index (χ0) is 19.1. The smallest absolute Gasteiger partial charge is 0.411 e. The van der Waals surface area contributed by atoms with E-state index in [2.05, 4.69) is 23.0 Å². The van der Waals surface area contributed by atoms with Gasteiger partial charge in [-0.1, -0.05) is 38.1 Å². The Hall–Kier alpha value is -2.63. The number of carbonyl (C=O) groups is 1. The molecule has 0 bridgehead atoms. The monoisotopic (exact) mass is 363 g/mol. The van der Waals surface area contributed by atoms with Gasteiger partial charge in [-0.3, -0.25) is 5.32 Å². The fourth-order valence-electron chi connectivity index (χ4n) is 2.67. The van der Waals surface area contributed by atoms with Gasteiger partial charge >= 0.3 is 6.09 Å². The van der Waals surface area contributed by atoms with Crippen molar-refractivity contribution >= 4 is 11.8 Å². The molecular formula is C20H23F2NO3. The van der Waals surface area contributed by atoms with Crippen molar-refractivity contribution in [3.05, 3.63) is 58.7 Å². The normalized spacial score (nSPS) is 10.7. The van der Waals surface area contributed by atoms with Gasteiger partial charge in [0.25, 0.3) is 6.43 Å². The molecule has 4 nitrogen and oxygen atoms in total. The Morgan fingerprint density at radius 3 is 2.54 bits per heavy atom. The van der Waals surface area contributed by atoms with E-state index in [1.54, 1.807) is 6.07 Å². The molecule has 140 valence electrons. The van der Waals surface area contributed by atoms with Gasteiger partial charge in [0.2, 0.25) is 0 Å². The molecule has 0 saturated carbocycles. The number of ether oxygens (including phenoxy) is 2. The third kappa shape index (κ3) is 4.71. The van der Waals surface area contributed by atoms with Crippen molar-refractivity contribution < 1.29 is 23.0 Å². The number of benzene rings is 2. The molecule has 0 aliphatic rings. The highest BCUT2D eigenvalue weighted by atomic mass is 19.3. The van der Waals surface area contributed by atoms with E-state index in [1.807, 2.05) is 19.1 Å². The Morgan fingerprint density at radius 2 is 1.92 bits per heavy atom. The highest BCUT2D eigenvalue weighted by molar-refractivity contribution is 5.85. The number of hydrogen-bond donors (Lipinski definition) is 1. The van der Waals surface area contributed by atoms with E-state index in [1.165, 1.54) is 24.8 Å². The van der Waals surface area contributed by atoms with Crippen LogP contribution < -0.4 is 10.1 Å². The number of aryl methyl sites for hydroxylation is 2. The molecule has 2 rings (SSSR count). The molecule has 0 fully saturated rings. The van der Waals surface area contributed by atoms with Gasteiger partial charge in [0, 0.05) is 11.1 Å². The zero-order valence-corrected chi connectivity index (χ0v) is 15.1. The first-order valence-electron chi connectivity index (χ1n) is 8.49. The van der Waals surface area contributed by atoms with Crippen molar-refractivity contribution in [3.8, 4) is 5.75 Å². The summed E-state index contributed by atoms with van der Waals surface area (Å²) in [6, 6.07) is 10.2. The lowest BCUT2D eigenvalue weighted by Gasteiger charge is -2.17. The summed E-state index contributed by atoms with van der Waals surface area (Å²) in [6.45, 7) is 4.00. The Kier molecular flexibility index (Phi) is 6.95. The summed E-state index contributed by atoms with van der Waals surface area (Å²) in [6.07, 6.45) is -1.72. The summed E-state index contributed by atoms with van der Waals surface area (Å²) in [4.78, 5) is 11.5. The number of nitrogens with one attached hydrogen (secondary N) is 1. The van der Waals surface area contributed by atoms with Crippen LogP contribution in [0.25, 0.3) is 0 Å². The summed E-state index contributed by atoms with van der Waals surface area (Å²) in [5, 5.41) is 2.46. The molecule has 0 saturated heterocycles. The minimum Gasteiger partial charge on any atom is -0.489 e. The van der Waals surface area contributed by atoms with Crippen LogP contribution in [0.5, 0.6) is 5.75 Å². The second-order valence-electron chi connectivity index (χ2n) is 5.73. The highest BCUT2D eigenvalue weighted by Crippen LogP contribution is 2.31. The second-order valence-corrected chi connectivity index (χ2v) is 5.73. The number of methoxy groups -OCH3 is 1. The van der Waals surface area contributed by atoms with E-state index in [0.717, 1.165) is 18.4 Å². The van der Waals surface area contributed by atoms with Crippen molar-refractivity contribution in [2.24, 2.45) is 0 Å². The van der Waals surface area contributed by atoms with Crippen LogP contribution in [0.1, 0.15) is 42.5 Å². The van der Waals surface area contributed by atoms with E-state index >= 15 is 0 Å². The van der Waals surface area contributed by atoms with E-state index in [9.17, 15) is 13.6 Å². The number of rotatable bonds is 7. The molecule has 0 unspecified atom stereocenters. The Balaban J connectivity index is 2.31. The van der Waals surface area contributed by atoms with Gasteiger partial charge in [0.15, 0.2) is 0 Å². The lowest BCUT2D eigenvalue weighted by Crippen LogP contribution is -2.14. The van der Waals surface area contributed by atoms with E-state index in [0.29, 0.717) is 5.75 Å². The molecule has 0 radical (unpaired) electrons. The van der Waals surface area contributed by atoms with Gasteiger partial charge in [-0.25, -0.2) is 13.6 Å². The molecule has 0 heterocycles. The topological polar surface area (TPSA) is 47.6 Å². The molecule has 0 aliphatic heterocycles. The summed E-state index contributed by atoms with van der Waals surface area (Å²) in [5.41, 5.74) is 2.51. The molecular weight excluding hydrogens is 340 g/mol. The fraction of sp³-hybridized carbons (Fsp3) is 0.350. The van der Waals surface area contributed by atoms with Crippen molar-refractivity contribution in [3.63, 3.8) is 0 Å². The lowest BCUT2D eigenvalue weighted by molar-refractivity contribution is 0.148. The summed E-state index contributed by atoms with van der Waals surface area (Å²) in [7, 11) is 1.21. The maximum Gasteiger partial charge on any atom is 0.411 e. The van der Waals surface area contributed by atoms with Crippen molar-refractivity contribution in [2.75, 3.05) is 12.4 Å². The summed E-state index contributed by atoms with van der Waals surface area (Å²) >= 11 is 0. The van der Waals surface area contributed by atoms with Crippen LogP contribution in [0.3, 0.4) is 0 Å². The van der Waals surface area contributed by atoms with E-state index in [-0.39, 0.29) is 23.4 Å². The quantitative estimate of drug-likeness (QED) is 0.706. The lowest BCUT2D eigenvalue weighted by atomic mass is 10.0. The zero-order valence-electron chi connectivity index (χ0n) is 15.1. The van der Waals surface area contributed by atoms with E-state index in [4.69, 9.17) is 4.74 Å². The van der Waals surface area contributed by atoms with Crippen LogP contribution in [0.2, 0.25) is 0 Å². The number of amides is 1. The molecule has 1 N–H and O–H groups in total. The van der Waals surface area contributed by atoms with Crippen LogP contribution in [-0.4, -0.2) is 13.2 Å². The Labute approximate surface area is 152 Å². The molecule has 0 spiro atoms. The molecule has 2 aromatic carbocycles. The molecule has 0 aromatic heterocycles. The average molecular weight is 363 g/mol. The van der Waals surface area contributed by atoms with Crippen LogP contribution >= 0.6 is 0 Å². The van der Waals surface area contributed by atoms with Crippen molar-refractivity contribution in [1.82, 2.24) is 0 Å². The second kappa shape index (κ2) is 9.17. The minimum absolute atomic E-state index is 0.0850. The maximum atomic E-state index is 13.4. The largest absolute Gasteiger partial charge is 0.489 e. The first-order chi connectivity index (χ1) is 12.5. The third-order valence-electron chi connectivity index (χ3n) is 4.16. The third-order valence-corrected chi connectivity index (χ3v) is 4.16. The molecule has 0 atom stereocenters. The molecule has 2 aromatic rings. The Morgan fingerprint density at radius 1 is 1.15 bits per heavy atom. The highest BCUT2D eigenvalue weighted by Gasteiger charge is 2.18. The predicted octanol–water partition coefficient (Wildman–Crippen LogP) is 5.51. The van der Waals surface area contributed by atoms with Crippen molar-refractivity contribution in [1.29, 1.82) is 0 Å². The van der Waals surface area contributed by atoms with Crippen LogP contribution in [0, 0.1) is 0 Å². The van der Waals surface area contributed by atoms with Gasteiger partial charge < -0.3 is 9.47 Å². The van der Waals surface area contributed by atoms with Gasteiger partial charge in [-0.15, -0.1) is 0 Å². The number of alkyl halides is 2. The summed E-state index contributed by atoms with van der Waals surface area (Å²) < 4.78 is 37.2. The Bertz CT molecular complexity index is 763. The number of halogens is 2. The van der Waals surface area contributed by atoms with Gasteiger partial charge in [-0.05, 0) is 36.1 Å². The minimum atomic E-state index is -2.68. The van der Waals surface area contributed by atoms with E-state index < -0.39 is 12.5 Å². The van der Waals surface area contributed by atoms with Crippen LogP contribution in [0.4, 0.5) is 19.3 Å². The standard InChI is InChI=1S/C20H23F2NO3/c1-4-13-9-10-18(14(5-2)11-13)26-12-16-15(19(21)22)7-6-8-17(16)23-20(24)25-3/h6-11,19H,4-5,12H2,1-3H3,(H,23,24). The first kappa shape index (κ1) is 19.7.